The van der Waals surface area contributed by atoms with Gasteiger partial charge in [-0.1, -0.05) is 0 Å². The highest BCUT2D eigenvalue weighted by Gasteiger charge is 2.39. The van der Waals surface area contributed by atoms with Crippen LogP contribution in [0.1, 0.15) is 6.92 Å². The van der Waals surface area contributed by atoms with Crippen LogP contribution in [0, 0.1) is 5.92 Å². The largest absolute Gasteiger partial charge is 0.311 e. The van der Waals surface area contributed by atoms with Crippen molar-refractivity contribution in [3.05, 3.63) is 0 Å². The molecule has 0 aliphatic carbocycles. The summed E-state index contributed by atoms with van der Waals surface area (Å²) >= 11 is 0. The van der Waals surface area contributed by atoms with E-state index < -0.39 is 0 Å². The molecule has 1 N–H and O–H groups in total. The van der Waals surface area contributed by atoms with Crippen molar-refractivity contribution >= 4 is 12.0 Å². The SMILES string of the molecule is CC1NCC2C(=O)C=NC12. The third-order valence-corrected chi connectivity index (χ3v) is 2.32. The quantitative estimate of drug-likeness (QED) is 0.495. The molecule has 3 heteroatoms. The van der Waals surface area contributed by atoms with Gasteiger partial charge in [0, 0.05) is 12.6 Å². The fourth-order valence-electron chi connectivity index (χ4n) is 1.66. The van der Waals surface area contributed by atoms with Crippen molar-refractivity contribution in [1.29, 1.82) is 0 Å². The first-order valence-electron chi connectivity index (χ1n) is 3.59. The fourth-order valence-corrected chi connectivity index (χ4v) is 1.66. The molecule has 2 rings (SSSR count). The minimum absolute atomic E-state index is 0.148. The highest BCUT2D eigenvalue weighted by atomic mass is 16.1. The molecule has 0 saturated carbocycles. The van der Waals surface area contributed by atoms with Crippen LogP contribution in [0.2, 0.25) is 0 Å². The van der Waals surface area contributed by atoms with Crippen LogP contribution >= 0.6 is 0 Å². The number of nitrogens with one attached hydrogen (secondary N) is 1. The van der Waals surface area contributed by atoms with Gasteiger partial charge >= 0.3 is 0 Å². The first-order valence-corrected chi connectivity index (χ1v) is 3.59. The summed E-state index contributed by atoms with van der Waals surface area (Å²) in [5.41, 5.74) is 0. The first kappa shape index (κ1) is 6.04. The molecule has 54 valence electrons. The van der Waals surface area contributed by atoms with Crippen molar-refractivity contribution in [2.45, 2.75) is 19.0 Å². The number of hydrogen-bond donors (Lipinski definition) is 1. The van der Waals surface area contributed by atoms with E-state index >= 15 is 0 Å². The smallest absolute Gasteiger partial charge is 0.179 e. The van der Waals surface area contributed by atoms with Crippen molar-refractivity contribution in [2.24, 2.45) is 10.9 Å². The number of rotatable bonds is 0. The van der Waals surface area contributed by atoms with Crippen LogP contribution in [0.15, 0.2) is 4.99 Å². The molecule has 2 heterocycles. The number of carbonyl (C=O) groups excluding carboxylic acids is 1. The summed E-state index contributed by atoms with van der Waals surface area (Å²) < 4.78 is 0. The highest BCUT2D eigenvalue weighted by molar-refractivity contribution is 6.30. The lowest BCUT2D eigenvalue weighted by Crippen LogP contribution is -2.25. The number of ketones is 1. The molecule has 0 radical (unpaired) electrons. The molecule has 2 aliphatic heterocycles. The predicted molar refractivity (Wildman–Crippen MR) is 38.2 cm³/mol. The van der Waals surface area contributed by atoms with Crippen LogP contribution in [0.5, 0.6) is 0 Å². The summed E-state index contributed by atoms with van der Waals surface area (Å²) in [6.45, 7) is 2.88. The standard InChI is InChI=1S/C7H10N2O/c1-4-7-5(2-8-4)6(10)3-9-7/h3-5,7-8H,2H2,1H3. The van der Waals surface area contributed by atoms with Gasteiger partial charge in [0.1, 0.15) is 0 Å². The molecule has 3 unspecified atom stereocenters. The van der Waals surface area contributed by atoms with Gasteiger partial charge in [-0.05, 0) is 6.92 Å². The van der Waals surface area contributed by atoms with Crippen LogP contribution in [-0.4, -0.2) is 30.6 Å². The summed E-state index contributed by atoms with van der Waals surface area (Å²) in [5, 5.41) is 3.22. The Hall–Kier alpha value is -0.700. The number of Topliss-reactive ketones (excluding diaryl/α,β-unsaturated/α-hetero) is 1. The average Bonchev–Trinajstić information content (AvgIpc) is 2.41. The van der Waals surface area contributed by atoms with E-state index in [0.29, 0.717) is 6.04 Å². The normalized spacial score (nSPS) is 44.5. The van der Waals surface area contributed by atoms with Crippen LogP contribution in [-0.2, 0) is 4.79 Å². The third kappa shape index (κ3) is 0.639. The maximum Gasteiger partial charge on any atom is 0.179 e. The van der Waals surface area contributed by atoms with Gasteiger partial charge in [0.05, 0.1) is 18.2 Å². The molecule has 0 aromatic rings. The molecule has 1 saturated heterocycles. The summed E-state index contributed by atoms with van der Waals surface area (Å²) in [6, 6.07) is 0.611. The minimum Gasteiger partial charge on any atom is -0.311 e. The number of fused-ring (bicyclic) bond motifs is 1. The zero-order valence-corrected chi connectivity index (χ0v) is 5.87. The molecule has 3 nitrogen and oxygen atoms in total. The van der Waals surface area contributed by atoms with Gasteiger partial charge in [0.15, 0.2) is 5.78 Å². The van der Waals surface area contributed by atoms with Crippen molar-refractivity contribution in [1.82, 2.24) is 5.32 Å². The Morgan fingerprint density at radius 2 is 2.60 bits per heavy atom. The summed E-state index contributed by atoms with van der Waals surface area (Å²) in [7, 11) is 0. The monoisotopic (exact) mass is 138 g/mol. The van der Waals surface area contributed by atoms with E-state index in [0.717, 1.165) is 6.54 Å². The van der Waals surface area contributed by atoms with Crippen molar-refractivity contribution < 1.29 is 4.79 Å². The number of carbonyl (C=O) groups is 1. The molecule has 0 amide bonds. The number of hydrogen-bond acceptors (Lipinski definition) is 3. The zero-order valence-electron chi connectivity index (χ0n) is 5.87. The van der Waals surface area contributed by atoms with Gasteiger partial charge in [-0.2, -0.15) is 0 Å². The summed E-state index contributed by atoms with van der Waals surface area (Å²) in [4.78, 5) is 15.1. The Balaban J connectivity index is 2.24. The van der Waals surface area contributed by atoms with E-state index in [9.17, 15) is 4.79 Å². The molecule has 0 aromatic carbocycles. The Morgan fingerprint density at radius 3 is 3.30 bits per heavy atom. The predicted octanol–water partition coefficient (Wildman–Crippen LogP) is -0.384. The van der Waals surface area contributed by atoms with Crippen molar-refractivity contribution in [3.63, 3.8) is 0 Å². The van der Waals surface area contributed by atoms with Crippen LogP contribution in [0.25, 0.3) is 0 Å². The Morgan fingerprint density at radius 1 is 1.80 bits per heavy atom. The van der Waals surface area contributed by atoms with Crippen LogP contribution < -0.4 is 5.32 Å². The lowest BCUT2D eigenvalue weighted by Gasteiger charge is -2.07. The second-order valence-corrected chi connectivity index (χ2v) is 2.97. The van der Waals surface area contributed by atoms with Crippen LogP contribution in [0.4, 0.5) is 0 Å². The van der Waals surface area contributed by atoms with Crippen molar-refractivity contribution in [3.8, 4) is 0 Å². The lowest BCUT2D eigenvalue weighted by atomic mass is 10.00. The van der Waals surface area contributed by atoms with Gasteiger partial charge in [-0.25, -0.2) is 0 Å². The minimum atomic E-state index is 0.148. The average molecular weight is 138 g/mol. The lowest BCUT2D eigenvalue weighted by molar-refractivity contribution is -0.115. The van der Waals surface area contributed by atoms with Gasteiger partial charge in [0.25, 0.3) is 0 Å². The molecule has 1 fully saturated rings. The van der Waals surface area contributed by atoms with Gasteiger partial charge in [-0.15, -0.1) is 0 Å². The Bertz CT molecular complexity index is 200. The summed E-state index contributed by atoms with van der Waals surface area (Å²) in [6.07, 6.45) is 1.48. The second-order valence-electron chi connectivity index (χ2n) is 2.97. The van der Waals surface area contributed by atoms with Crippen LogP contribution in [0.3, 0.4) is 0 Å². The molecule has 2 aliphatic rings. The number of nitrogens with zero attached hydrogens (tertiary/aromatic N) is 1. The first-order chi connectivity index (χ1) is 4.79. The van der Waals surface area contributed by atoms with Crippen molar-refractivity contribution in [2.75, 3.05) is 6.54 Å². The van der Waals surface area contributed by atoms with E-state index in [1.54, 1.807) is 0 Å². The molecular formula is C7H10N2O. The van der Waals surface area contributed by atoms with E-state index in [4.69, 9.17) is 0 Å². The Labute approximate surface area is 59.5 Å². The molecule has 0 bridgehead atoms. The van der Waals surface area contributed by atoms with E-state index in [1.165, 1.54) is 6.21 Å². The molecule has 3 atom stereocenters. The van der Waals surface area contributed by atoms with Gasteiger partial charge in [0.2, 0.25) is 0 Å². The van der Waals surface area contributed by atoms with E-state index in [2.05, 4.69) is 17.2 Å². The third-order valence-electron chi connectivity index (χ3n) is 2.32. The second kappa shape index (κ2) is 1.89. The Kier molecular flexibility index (Phi) is 1.14. The maximum absolute atomic E-state index is 11.0. The molecular weight excluding hydrogens is 128 g/mol. The van der Waals surface area contributed by atoms with E-state index in [-0.39, 0.29) is 17.7 Å². The van der Waals surface area contributed by atoms with Gasteiger partial charge < -0.3 is 5.32 Å². The maximum atomic E-state index is 11.0. The van der Waals surface area contributed by atoms with E-state index in [1.807, 2.05) is 0 Å². The van der Waals surface area contributed by atoms with Gasteiger partial charge in [-0.3, -0.25) is 9.79 Å². The molecule has 0 spiro atoms. The zero-order chi connectivity index (χ0) is 7.14. The molecule has 0 aromatic heterocycles. The molecule has 10 heavy (non-hydrogen) atoms. The summed E-state index contributed by atoms with van der Waals surface area (Å²) in [5.74, 6) is 0.344. The highest BCUT2D eigenvalue weighted by Crippen LogP contribution is 2.22. The topological polar surface area (TPSA) is 41.5 Å². The number of aliphatic imine (C=N–C) groups is 1. The fraction of sp³-hybridized carbons (Fsp3) is 0.714.